The van der Waals surface area contributed by atoms with Crippen LogP contribution in [0.2, 0.25) is 0 Å². The summed E-state index contributed by atoms with van der Waals surface area (Å²) in [7, 11) is 0. The van der Waals surface area contributed by atoms with Gasteiger partial charge >= 0.3 is 17.9 Å². The molecule has 0 aromatic carbocycles. The zero-order valence-electron chi connectivity index (χ0n) is 45.6. The van der Waals surface area contributed by atoms with Gasteiger partial charge in [-0.15, -0.1) is 0 Å². The number of rotatable bonds is 48. The lowest BCUT2D eigenvalue weighted by Crippen LogP contribution is -2.30. The standard InChI is InChI=1S/C66H100O6/c1-4-7-10-13-16-19-22-25-28-31-33-36-38-41-44-47-50-53-56-59-65(68)71-62-63(61-70-64(67)58-55-52-49-46-43-40-37-34-30-27-24-21-18-15-12-9-6-3)72-66(69)60-57-54-51-48-45-42-39-35-32-29-26-23-20-17-14-11-8-5-2/h7,9-10,12,15-21,23-30,32-37,39-40,43,63H,4-6,8,11,13-14,22,31,38,41-42,44-62H2,1-3H3/b10-7-,12-9-,18-15-,19-16-,20-17-,24-21-,26-23-,28-25-,30-27-,32-29-,36-33-,37-34+,39-35-,43-40-. The maximum Gasteiger partial charge on any atom is 0.306 e. The molecule has 6 heteroatoms. The molecule has 0 amide bonds. The SMILES string of the molecule is CC\C=C/C=C\C=C/C=C\C=C\C=C/CCCCCC(=O)OCC(COC(=O)CCCCCCCC/C=C\C/C=C\C/C=C\C/C=C\CC)OC(=O)CCCCCCC\C=C/C=C\C=C/C=C\CCCCC. The number of carbonyl (C=O) groups excluding carboxylic acids is 3. The molecule has 6 nitrogen and oxygen atoms in total. The molecule has 1 atom stereocenters. The molecule has 0 rings (SSSR count). The Morgan fingerprint density at radius 2 is 0.611 bits per heavy atom. The van der Waals surface area contributed by atoms with Crippen molar-refractivity contribution in [1.29, 1.82) is 0 Å². The Morgan fingerprint density at radius 3 is 1.03 bits per heavy atom. The predicted octanol–water partition coefficient (Wildman–Crippen LogP) is 19.1. The summed E-state index contributed by atoms with van der Waals surface area (Å²) in [5.41, 5.74) is 0. The highest BCUT2D eigenvalue weighted by Gasteiger charge is 2.19. The smallest absolute Gasteiger partial charge is 0.306 e. The summed E-state index contributed by atoms with van der Waals surface area (Å²) in [5, 5.41) is 0. The third-order valence-corrected chi connectivity index (χ3v) is 11.2. The Morgan fingerprint density at radius 1 is 0.306 bits per heavy atom. The lowest BCUT2D eigenvalue weighted by molar-refractivity contribution is -0.167. The average molecular weight is 990 g/mol. The monoisotopic (exact) mass is 989 g/mol. The second-order valence-electron chi connectivity index (χ2n) is 18.0. The fourth-order valence-corrected chi connectivity index (χ4v) is 7.00. The highest BCUT2D eigenvalue weighted by Crippen LogP contribution is 2.13. The van der Waals surface area contributed by atoms with Crippen molar-refractivity contribution in [1.82, 2.24) is 0 Å². The number of ether oxygens (including phenoxy) is 3. The molecule has 0 spiro atoms. The molecular weight excluding hydrogens is 889 g/mol. The molecule has 0 saturated heterocycles. The first kappa shape index (κ1) is 66.8. The third kappa shape index (κ3) is 55.7. The highest BCUT2D eigenvalue weighted by atomic mass is 16.6. The summed E-state index contributed by atoms with van der Waals surface area (Å²) in [4.78, 5) is 38.2. The summed E-state index contributed by atoms with van der Waals surface area (Å²) in [6, 6.07) is 0. The first-order valence-electron chi connectivity index (χ1n) is 28.3. The predicted molar refractivity (Wildman–Crippen MR) is 311 cm³/mol. The minimum Gasteiger partial charge on any atom is -0.462 e. The number of hydrogen-bond acceptors (Lipinski definition) is 6. The Balaban J connectivity index is 4.60. The largest absolute Gasteiger partial charge is 0.462 e. The minimum atomic E-state index is -0.826. The third-order valence-electron chi connectivity index (χ3n) is 11.2. The van der Waals surface area contributed by atoms with Crippen LogP contribution in [0.5, 0.6) is 0 Å². The lowest BCUT2D eigenvalue weighted by atomic mass is 10.1. The topological polar surface area (TPSA) is 78.9 Å². The van der Waals surface area contributed by atoms with Crippen LogP contribution in [0.4, 0.5) is 0 Å². The fourth-order valence-electron chi connectivity index (χ4n) is 7.00. The Bertz CT molecular complexity index is 1700. The van der Waals surface area contributed by atoms with E-state index in [-0.39, 0.29) is 44.0 Å². The van der Waals surface area contributed by atoms with E-state index in [0.29, 0.717) is 12.8 Å². The van der Waals surface area contributed by atoms with Crippen molar-refractivity contribution in [2.75, 3.05) is 13.2 Å². The zero-order chi connectivity index (χ0) is 52.2. The fraction of sp³-hybridized carbons (Fsp3) is 0.530. The molecule has 0 saturated carbocycles. The van der Waals surface area contributed by atoms with Crippen molar-refractivity contribution in [2.24, 2.45) is 0 Å². The molecule has 0 aliphatic rings. The number of allylic oxidation sites excluding steroid dienone is 28. The van der Waals surface area contributed by atoms with E-state index in [0.717, 1.165) is 128 Å². The number of esters is 3. The van der Waals surface area contributed by atoms with Crippen molar-refractivity contribution >= 4 is 17.9 Å². The van der Waals surface area contributed by atoms with E-state index < -0.39 is 6.10 Å². The van der Waals surface area contributed by atoms with Crippen LogP contribution in [0.3, 0.4) is 0 Å². The van der Waals surface area contributed by atoms with Crippen LogP contribution in [0.1, 0.15) is 207 Å². The number of unbranched alkanes of at least 4 members (excludes halogenated alkanes) is 17. The summed E-state index contributed by atoms with van der Waals surface area (Å²) >= 11 is 0. The van der Waals surface area contributed by atoms with Crippen molar-refractivity contribution < 1.29 is 28.6 Å². The molecule has 0 aliphatic carbocycles. The van der Waals surface area contributed by atoms with Gasteiger partial charge in [-0.3, -0.25) is 14.4 Å². The maximum atomic E-state index is 12.9. The van der Waals surface area contributed by atoms with E-state index in [9.17, 15) is 14.4 Å². The van der Waals surface area contributed by atoms with E-state index in [4.69, 9.17) is 14.2 Å². The van der Waals surface area contributed by atoms with Crippen LogP contribution in [-0.4, -0.2) is 37.2 Å². The zero-order valence-corrected chi connectivity index (χ0v) is 45.6. The molecule has 0 radical (unpaired) electrons. The summed E-state index contributed by atoms with van der Waals surface area (Å²) < 4.78 is 16.8. The maximum absolute atomic E-state index is 12.9. The Kier molecular flexibility index (Phi) is 54.1. The minimum absolute atomic E-state index is 0.119. The van der Waals surface area contributed by atoms with Gasteiger partial charge in [-0.05, 0) is 103 Å². The van der Waals surface area contributed by atoms with E-state index >= 15 is 0 Å². The quantitative estimate of drug-likeness (QED) is 0.0199. The highest BCUT2D eigenvalue weighted by molar-refractivity contribution is 5.71. The lowest BCUT2D eigenvalue weighted by Gasteiger charge is -2.18. The van der Waals surface area contributed by atoms with Gasteiger partial charge in [0.2, 0.25) is 0 Å². The normalized spacial score (nSPS) is 13.4. The van der Waals surface area contributed by atoms with Crippen molar-refractivity contribution in [2.45, 2.75) is 213 Å². The molecule has 0 bridgehead atoms. The molecule has 400 valence electrons. The van der Waals surface area contributed by atoms with E-state index in [2.05, 4.69) is 130 Å². The first-order valence-corrected chi connectivity index (χ1v) is 28.3. The molecule has 1 unspecified atom stereocenters. The van der Waals surface area contributed by atoms with Crippen molar-refractivity contribution in [3.8, 4) is 0 Å². The molecule has 0 aromatic heterocycles. The van der Waals surface area contributed by atoms with Crippen LogP contribution in [-0.2, 0) is 28.6 Å². The molecular formula is C66H100O6. The molecule has 72 heavy (non-hydrogen) atoms. The number of hydrogen-bond donors (Lipinski definition) is 0. The Labute approximate surface area is 441 Å². The summed E-state index contributed by atoms with van der Waals surface area (Å²) in [5.74, 6) is -1.01. The molecule has 0 fully saturated rings. The van der Waals surface area contributed by atoms with Crippen LogP contribution in [0.15, 0.2) is 170 Å². The van der Waals surface area contributed by atoms with Gasteiger partial charge in [0.25, 0.3) is 0 Å². The van der Waals surface area contributed by atoms with Crippen molar-refractivity contribution in [3.63, 3.8) is 0 Å². The van der Waals surface area contributed by atoms with Crippen molar-refractivity contribution in [3.05, 3.63) is 170 Å². The van der Waals surface area contributed by atoms with Gasteiger partial charge in [-0.2, -0.15) is 0 Å². The average Bonchev–Trinajstić information content (AvgIpc) is 3.38. The summed E-state index contributed by atoms with van der Waals surface area (Å²) in [6.07, 6.45) is 86.1. The van der Waals surface area contributed by atoms with Crippen LogP contribution in [0, 0.1) is 0 Å². The Hall–Kier alpha value is -5.23. The number of carbonyl (C=O) groups is 3. The van der Waals surface area contributed by atoms with Crippen LogP contribution < -0.4 is 0 Å². The van der Waals surface area contributed by atoms with Gasteiger partial charge in [0.05, 0.1) is 0 Å². The molecule has 0 heterocycles. The van der Waals surface area contributed by atoms with Gasteiger partial charge < -0.3 is 14.2 Å². The molecule has 0 aliphatic heterocycles. The van der Waals surface area contributed by atoms with Crippen LogP contribution in [0.25, 0.3) is 0 Å². The molecule has 0 aromatic rings. The second-order valence-corrected chi connectivity index (χ2v) is 18.0. The van der Waals surface area contributed by atoms with Gasteiger partial charge in [-0.25, -0.2) is 0 Å². The van der Waals surface area contributed by atoms with Gasteiger partial charge in [0.15, 0.2) is 6.10 Å². The van der Waals surface area contributed by atoms with Crippen LogP contribution >= 0.6 is 0 Å². The second kappa shape index (κ2) is 58.3. The van der Waals surface area contributed by atoms with E-state index in [1.54, 1.807) is 0 Å². The van der Waals surface area contributed by atoms with E-state index in [1.807, 2.05) is 60.8 Å². The van der Waals surface area contributed by atoms with Gasteiger partial charge in [0.1, 0.15) is 13.2 Å². The first-order chi connectivity index (χ1) is 35.5. The van der Waals surface area contributed by atoms with Gasteiger partial charge in [-0.1, -0.05) is 255 Å². The van der Waals surface area contributed by atoms with Gasteiger partial charge in [0, 0.05) is 19.3 Å². The molecule has 0 N–H and O–H groups in total. The van der Waals surface area contributed by atoms with E-state index in [1.165, 1.54) is 32.1 Å². The summed E-state index contributed by atoms with van der Waals surface area (Å²) in [6.45, 7) is 6.25.